The first-order chi connectivity index (χ1) is 13.8. The monoisotopic (exact) mass is 425 g/mol. The van der Waals surface area contributed by atoms with E-state index >= 15 is 0 Å². The summed E-state index contributed by atoms with van der Waals surface area (Å²) in [6.45, 7) is 1.83. The van der Waals surface area contributed by atoms with Gasteiger partial charge in [0.2, 0.25) is 0 Å². The van der Waals surface area contributed by atoms with Crippen molar-refractivity contribution in [1.29, 1.82) is 0 Å². The van der Waals surface area contributed by atoms with Crippen molar-refractivity contribution in [1.82, 2.24) is 14.8 Å². The second kappa shape index (κ2) is 8.84. The molecule has 9 heteroatoms. The number of halogens is 4. The number of methoxy groups -OCH3 is 1. The summed E-state index contributed by atoms with van der Waals surface area (Å²) in [5.41, 5.74) is -1.07. The van der Waals surface area contributed by atoms with E-state index in [0.29, 0.717) is 10.8 Å². The smallest absolute Gasteiger partial charge is 0.273 e. The molecule has 29 heavy (non-hydrogen) atoms. The van der Waals surface area contributed by atoms with Crippen LogP contribution in [0.4, 0.5) is 13.2 Å². The fourth-order valence-electron chi connectivity index (χ4n) is 2.97. The molecule has 1 heterocycles. The van der Waals surface area contributed by atoms with E-state index in [0.717, 1.165) is 0 Å². The van der Waals surface area contributed by atoms with Crippen LogP contribution in [0.25, 0.3) is 0 Å². The lowest BCUT2D eigenvalue weighted by Gasteiger charge is -2.31. The fourth-order valence-corrected chi connectivity index (χ4v) is 3.10. The minimum Gasteiger partial charge on any atom is -0.457 e. The van der Waals surface area contributed by atoms with Crippen molar-refractivity contribution >= 4 is 11.6 Å². The molecule has 2 aromatic carbocycles. The minimum atomic E-state index is -3.20. The lowest BCUT2D eigenvalue weighted by Crippen LogP contribution is -2.32. The van der Waals surface area contributed by atoms with Gasteiger partial charge in [-0.2, -0.15) is 5.10 Å². The van der Waals surface area contributed by atoms with Gasteiger partial charge in [-0.3, -0.25) is 0 Å². The second-order valence-corrected chi connectivity index (χ2v) is 7.01. The van der Waals surface area contributed by atoms with Gasteiger partial charge < -0.3 is 9.47 Å². The number of hydrogen-bond donors (Lipinski definition) is 0. The molecule has 0 aliphatic carbocycles. The van der Waals surface area contributed by atoms with Crippen molar-refractivity contribution < 1.29 is 22.6 Å². The lowest BCUT2D eigenvalue weighted by atomic mass is 9.89. The van der Waals surface area contributed by atoms with E-state index < -0.39 is 18.2 Å². The van der Waals surface area contributed by atoms with Crippen LogP contribution in [0.3, 0.4) is 0 Å². The van der Waals surface area contributed by atoms with Crippen LogP contribution in [0, 0.1) is 0 Å². The molecule has 1 aromatic heterocycles. The summed E-state index contributed by atoms with van der Waals surface area (Å²) in [7, 11) is 1.43. The van der Waals surface area contributed by atoms with Gasteiger partial charge in [-0.25, -0.2) is 22.8 Å². The van der Waals surface area contributed by atoms with Gasteiger partial charge in [0.05, 0.1) is 6.54 Å². The van der Waals surface area contributed by atoms with E-state index in [1.807, 2.05) is 0 Å². The minimum absolute atomic E-state index is 0.157. The Morgan fingerprint density at radius 2 is 1.79 bits per heavy atom. The second-order valence-electron chi connectivity index (χ2n) is 6.57. The zero-order valence-electron chi connectivity index (χ0n) is 15.7. The molecule has 0 radical (unpaired) electrons. The van der Waals surface area contributed by atoms with Gasteiger partial charge in [0.1, 0.15) is 29.8 Å². The Labute approximate surface area is 171 Å². The normalized spacial score (nSPS) is 14.6. The van der Waals surface area contributed by atoms with Crippen molar-refractivity contribution in [2.75, 3.05) is 7.11 Å². The maximum Gasteiger partial charge on any atom is 0.273 e. The Kier molecular flexibility index (Phi) is 6.44. The quantitative estimate of drug-likeness (QED) is 0.474. The number of hydrogen-bond acceptors (Lipinski definition) is 4. The van der Waals surface area contributed by atoms with Crippen LogP contribution in [-0.4, -0.2) is 28.3 Å². The highest BCUT2D eigenvalue weighted by Crippen LogP contribution is 2.39. The Balaban J connectivity index is 2.00. The van der Waals surface area contributed by atoms with Crippen molar-refractivity contribution in [3.63, 3.8) is 0 Å². The third-order valence-electron chi connectivity index (χ3n) is 4.54. The standard InChI is InChI=1S/C20H19ClF3N3O2/c1-20(28-2,10-27-12-25-11-26-27)17-8-7-15(9-16(17)18(22)19(23)24)29-14-5-3-13(21)4-6-14/h3-9,11-12,18-19H,10H2,1-2H3. The molecule has 3 rings (SSSR count). The average Bonchev–Trinajstić information content (AvgIpc) is 3.21. The Morgan fingerprint density at radius 1 is 1.10 bits per heavy atom. The molecule has 0 aliphatic rings. The average molecular weight is 426 g/mol. The molecule has 0 N–H and O–H groups in total. The van der Waals surface area contributed by atoms with Crippen LogP contribution in [0.5, 0.6) is 11.5 Å². The number of alkyl halides is 3. The van der Waals surface area contributed by atoms with Crippen molar-refractivity contribution in [3.8, 4) is 11.5 Å². The summed E-state index contributed by atoms with van der Waals surface area (Å²) in [4.78, 5) is 3.86. The topological polar surface area (TPSA) is 49.2 Å². The van der Waals surface area contributed by atoms with Gasteiger partial charge in [-0.1, -0.05) is 17.7 Å². The van der Waals surface area contributed by atoms with E-state index in [4.69, 9.17) is 21.1 Å². The fraction of sp³-hybridized carbons (Fsp3) is 0.300. The first-order valence-electron chi connectivity index (χ1n) is 8.70. The highest BCUT2D eigenvalue weighted by atomic mass is 35.5. The molecule has 5 nitrogen and oxygen atoms in total. The Bertz CT molecular complexity index is 939. The number of ether oxygens (including phenoxy) is 2. The Hall–Kier alpha value is -2.58. The summed E-state index contributed by atoms with van der Waals surface area (Å²) in [6.07, 6.45) is -2.90. The van der Waals surface area contributed by atoms with Crippen LogP contribution in [0.1, 0.15) is 24.2 Å². The van der Waals surface area contributed by atoms with Gasteiger partial charge in [0.15, 0.2) is 6.17 Å². The predicted octanol–water partition coefficient (Wildman–Crippen LogP) is 5.56. The third-order valence-corrected chi connectivity index (χ3v) is 4.79. The molecule has 0 bridgehead atoms. The molecular weight excluding hydrogens is 407 g/mol. The molecule has 0 amide bonds. The van der Waals surface area contributed by atoms with E-state index in [2.05, 4.69) is 10.1 Å². The van der Waals surface area contributed by atoms with Gasteiger partial charge in [0.25, 0.3) is 6.43 Å². The number of benzene rings is 2. The van der Waals surface area contributed by atoms with E-state index in [9.17, 15) is 13.2 Å². The molecule has 0 spiro atoms. The maximum atomic E-state index is 14.5. The summed E-state index contributed by atoms with van der Waals surface area (Å²) >= 11 is 5.85. The van der Waals surface area contributed by atoms with Crippen LogP contribution in [0.15, 0.2) is 55.1 Å². The van der Waals surface area contributed by atoms with E-state index in [1.165, 1.54) is 36.6 Å². The highest BCUT2D eigenvalue weighted by Gasteiger charge is 2.35. The van der Waals surface area contributed by atoms with E-state index in [1.54, 1.807) is 37.3 Å². The molecule has 0 saturated heterocycles. The summed E-state index contributed by atoms with van der Waals surface area (Å²) in [6, 6.07) is 10.9. The van der Waals surface area contributed by atoms with Gasteiger partial charge >= 0.3 is 0 Å². The SMILES string of the molecule is COC(C)(Cn1cncn1)c1ccc(Oc2ccc(Cl)cc2)cc1C(F)C(F)F. The van der Waals surface area contributed by atoms with Crippen molar-refractivity contribution in [2.24, 2.45) is 0 Å². The van der Waals surface area contributed by atoms with Crippen LogP contribution < -0.4 is 4.74 Å². The molecule has 0 aliphatic heterocycles. The van der Waals surface area contributed by atoms with Gasteiger partial charge in [0, 0.05) is 17.7 Å². The third kappa shape index (κ3) is 4.89. The number of aromatic nitrogens is 3. The molecular formula is C20H19ClF3N3O2. The molecule has 154 valence electrons. The van der Waals surface area contributed by atoms with E-state index in [-0.39, 0.29) is 23.4 Å². The summed E-state index contributed by atoms with van der Waals surface area (Å²) in [5.74, 6) is 0.659. The maximum absolute atomic E-state index is 14.5. The largest absolute Gasteiger partial charge is 0.457 e. The molecule has 0 saturated carbocycles. The highest BCUT2D eigenvalue weighted by molar-refractivity contribution is 6.30. The molecule has 2 atom stereocenters. The summed E-state index contributed by atoms with van der Waals surface area (Å²) in [5, 5.41) is 4.54. The van der Waals surface area contributed by atoms with Crippen LogP contribution in [-0.2, 0) is 16.9 Å². The molecule has 3 aromatic rings. The van der Waals surface area contributed by atoms with Crippen LogP contribution in [0.2, 0.25) is 5.02 Å². The first kappa shape index (κ1) is 21.1. The number of nitrogens with zero attached hydrogens (tertiary/aromatic N) is 3. The predicted molar refractivity (Wildman–Crippen MR) is 102 cm³/mol. The van der Waals surface area contributed by atoms with Gasteiger partial charge in [-0.15, -0.1) is 0 Å². The number of rotatable bonds is 8. The van der Waals surface area contributed by atoms with Crippen molar-refractivity contribution in [3.05, 3.63) is 71.3 Å². The van der Waals surface area contributed by atoms with Crippen molar-refractivity contribution in [2.45, 2.75) is 31.7 Å². The van der Waals surface area contributed by atoms with Crippen LogP contribution >= 0.6 is 11.6 Å². The lowest BCUT2D eigenvalue weighted by molar-refractivity contribution is -0.0198. The van der Waals surface area contributed by atoms with Gasteiger partial charge in [-0.05, 0) is 48.9 Å². The Morgan fingerprint density at radius 3 is 2.38 bits per heavy atom. The molecule has 2 unspecified atom stereocenters. The zero-order chi connectivity index (χ0) is 21.0. The summed E-state index contributed by atoms with van der Waals surface area (Å²) < 4.78 is 53.8. The first-order valence-corrected chi connectivity index (χ1v) is 9.08. The molecule has 0 fully saturated rings. The zero-order valence-corrected chi connectivity index (χ0v) is 16.5.